The van der Waals surface area contributed by atoms with Gasteiger partial charge in [-0.05, 0) is 47.9 Å². The highest BCUT2D eigenvalue weighted by Crippen LogP contribution is 2.41. The van der Waals surface area contributed by atoms with Crippen LogP contribution in [0, 0.1) is 0 Å². The number of sulfone groups is 1. The third-order valence-corrected chi connectivity index (χ3v) is 8.76. The van der Waals surface area contributed by atoms with Crippen molar-refractivity contribution in [2.45, 2.75) is 31.1 Å². The highest BCUT2D eigenvalue weighted by Gasteiger charge is 2.49. The summed E-state index contributed by atoms with van der Waals surface area (Å²) in [4.78, 5) is 18.7. The summed E-state index contributed by atoms with van der Waals surface area (Å²) in [5.74, 6) is 0.647. The van der Waals surface area contributed by atoms with E-state index in [-0.39, 0.29) is 29.4 Å². The number of rotatable bonds is 5. The molecule has 0 spiro atoms. The van der Waals surface area contributed by atoms with Crippen molar-refractivity contribution >= 4 is 50.0 Å². The third kappa shape index (κ3) is 5.07. The Balaban J connectivity index is 1.55. The molecule has 164 valence electrons. The summed E-state index contributed by atoms with van der Waals surface area (Å²) in [7, 11) is -3.11. The van der Waals surface area contributed by atoms with Crippen LogP contribution in [0.5, 0.6) is 5.75 Å². The van der Waals surface area contributed by atoms with Gasteiger partial charge in [0.2, 0.25) is 0 Å². The van der Waals surface area contributed by atoms with Crippen LogP contribution < -0.4 is 9.64 Å². The standard InChI is InChI=1S/C22H23ClN2O4S2/c1-14(2)15-3-7-17(8-4-15)25-19-12-31(27,28)13-20(19)30-22(25)24-21(26)11-29-18-9-5-16(23)6-10-18/h3-10,14,19-20H,11-13H2,1-2H3/t19-,20+/m0/s1. The Morgan fingerprint density at radius 1 is 1.16 bits per heavy atom. The third-order valence-electron chi connectivity index (χ3n) is 5.30. The Hall–Kier alpha value is -2.03. The van der Waals surface area contributed by atoms with Crippen molar-refractivity contribution in [3.05, 3.63) is 59.1 Å². The molecule has 2 fully saturated rings. The zero-order valence-electron chi connectivity index (χ0n) is 17.2. The van der Waals surface area contributed by atoms with E-state index in [9.17, 15) is 13.2 Å². The molecular weight excluding hydrogens is 456 g/mol. The predicted molar refractivity (Wildman–Crippen MR) is 126 cm³/mol. The van der Waals surface area contributed by atoms with Crippen molar-refractivity contribution in [3.8, 4) is 5.75 Å². The van der Waals surface area contributed by atoms with Gasteiger partial charge >= 0.3 is 0 Å². The van der Waals surface area contributed by atoms with Gasteiger partial charge in [-0.2, -0.15) is 4.99 Å². The number of amides is 1. The smallest absolute Gasteiger partial charge is 0.285 e. The largest absolute Gasteiger partial charge is 0.484 e. The van der Waals surface area contributed by atoms with Gasteiger partial charge in [0.15, 0.2) is 21.6 Å². The average Bonchev–Trinajstić information content (AvgIpc) is 3.18. The van der Waals surface area contributed by atoms with Gasteiger partial charge in [-0.3, -0.25) is 4.79 Å². The monoisotopic (exact) mass is 478 g/mol. The number of aliphatic imine (C=N–C) groups is 1. The molecule has 2 heterocycles. The highest BCUT2D eigenvalue weighted by molar-refractivity contribution is 8.16. The molecule has 9 heteroatoms. The number of amidine groups is 1. The van der Waals surface area contributed by atoms with E-state index in [2.05, 4.69) is 18.8 Å². The van der Waals surface area contributed by atoms with Crippen molar-refractivity contribution in [1.29, 1.82) is 0 Å². The zero-order chi connectivity index (χ0) is 22.2. The maximum absolute atomic E-state index is 12.5. The van der Waals surface area contributed by atoms with Crippen LogP contribution in [0.4, 0.5) is 5.69 Å². The molecular formula is C22H23ClN2O4S2. The molecule has 0 saturated carbocycles. The number of carbonyl (C=O) groups is 1. The van der Waals surface area contributed by atoms with E-state index in [4.69, 9.17) is 16.3 Å². The first-order valence-corrected chi connectivity index (χ1v) is 13.1. The number of hydrogen-bond donors (Lipinski definition) is 0. The molecule has 31 heavy (non-hydrogen) atoms. The molecule has 0 unspecified atom stereocenters. The van der Waals surface area contributed by atoms with Gasteiger partial charge in [0.25, 0.3) is 5.91 Å². The van der Waals surface area contributed by atoms with E-state index in [0.29, 0.717) is 21.9 Å². The molecule has 0 aliphatic carbocycles. The number of carbonyl (C=O) groups excluding carboxylic acids is 1. The fourth-order valence-corrected chi connectivity index (χ4v) is 7.76. The first kappa shape index (κ1) is 22.2. The van der Waals surface area contributed by atoms with E-state index in [1.165, 1.54) is 17.3 Å². The summed E-state index contributed by atoms with van der Waals surface area (Å²) in [5, 5.41) is 0.965. The summed E-state index contributed by atoms with van der Waals surface area (Å²) in [6.07, 6.45) is 0. The Kier molecular flexibility index (Phi) is 6.32. The summed E-state index contributed by atoms with van der Waals surface area (Å²) in [6.45, 7) is 4.03. The van der Waals surface area contributed by atoms with Crippen LogP contribution >= 0.6 is 23.4 Å². The Morgan fingerprint density at radius 2 is 1.84 bits per heavy atom. The molecule has 0 N–H and O–H groups in total. The summed E-state index contributed by atoms with van der Waals surface area (Å²) in [5.41, 5.74) is 2.03. The molecule has 2 aromatic rings. The number of ether oxygens (including phenoxy) is 1. The lowest BCUT2D eigenvalue weighted by atomic mass is 10.0. The second kappa shape index (κ2) is 8.84. The van der Waals surface area contributed by atoms with E-state index in [1.54, 1.807) is 24.3 Å². The minimum atomic E-state index is -3.11. The van der Waals surface area contributed by atoms with Crippen molar-refractivity contribution in [2.24, 2.45) is 4.99 Å². The molecule has 2 aliphatic rings. The normalized spacial score (nSPS) is 23.4. The van der Waals surface area contributed by atoms with Crippen molar-refractivity contribution < 1.29 is 17.9 Å². The fourth-order valence-electron chi connectivity index (χ4n) is 3.70. The van der Waals surface area contributed by atoms with E-state index in [0.717, 1.165) is 5.69 Å². The van der Waals surface area contributed by atoms with Crippen LogP contribution in [-0.4, -0.2) is 48.9 Å². The van der Waals surface area contributed by atoms with Crippen LogP contribution in [0.1, 0.15) is 25.3 Å². The number of anilines is 1. The lowest BCUT2D eigenvalue weighted by Crippen LogP contribution is -2.37. The Labute approximate surface area is 191 Å². The molecule has 2 atom stereocenters. The van der Waals surface area contributed by atoms with Crippen molar-refractivity contribution in [3.63, 3.8) is 0 Å². The number of halogens is 1. The topological polar surface area (TPSA) is 76.0 Å². The Bertz CT molecular complexity index is 1100. The maximum Gasteiger partial charge on any atom is 0.285 e. The van der Waals surface area contributed by atoms with Crippen molar-refractivity contribution in [1.82, 2.24) is 0 Å². The fraction of sp³-hybridized carbons (Fsp3) is 0.364. The van der Waals surface area contributed by atoms with Crippen LogP contribution in [0.3, 0.4) is 0 Å². The lowest BCUT2D eigenvalue weighted by Gasteiger charge is -2.25. The zero-order valence-corrected chi connectivity index (χ0v) is 19.6. The van der Waals surface area contributed by atoms with Gasteiger partial charge in [-0.25, -0.2) is 8.42 Å². The van der Waals surface area contributed by atoms with Crippen LogP contribution in [0.2, 0.25) is 5.02 Å². The first-order valence-electron chi connectivity index (χ1n) is 9.98. The first-order chi connectivity index (χ1) is 14.7. The minimum absolute atomic E-state index is 0.0606. The van der Waals surface area contributed by atoms with Gasteiger partial charge in [-0.15, -0.1) is 0 Å². The van der Waals surface area contributed by atoms with Gasteiger partial charge in [-0.1, -0.05) is 49.3 Å². The van der Waals surface area contributed by atoms with Gasteiger partial charge in [0.05, 0.1) is 17.5 Å². The average molecular weight is 479 g/mol. The molecule has 0 aromatic heterocycles. The van der Waals surface area contributed by atoms with Gasteiger partial charge < -0.3 is 9.64 Å². The van der Waals surface area contributed by atoms with Gasteiger partial charge in [0, 0.05) is 16.0 Å². The predicted octanol–water partition coefficient (Wildman–Crippen LogP) is 4.14. The summed E-state index contributed by atoms with van der Waals surface area (Å²) < 4.78 is 29.9. The minimum Gasteiger partial charge on any atom is -0.484 e. The second-order valence-corrected chi connectivity index (χ2v) is 11.7. The van der Waals surface area contributed by atoms with Gasteiger partial charge in [0.1, 0.15) is 5.75 Å². The molecule has 2 aliphatic heterocycles. The molecule has 0 bridgehead atoms. The van der Waals surface area contributed by atoms with Crippen LogP contribution in [-0.2, 0) is 14.6 Å². The van der Waals surface area contributed by atoms with Crippen LogP contribution in [0.15, 0.2) is 53.5 Å². The highest BCUT2D eigenvalue weighted by atomic mass is 35.5. The number of thioether (sulfide) groups is 1. The number of hydrogen-bond acceptors (Lipinski definition) is 5. The Morgan fingerprint density at radius 3 is 2.48 bits per heavy atom. The van der Waals surface area contributed by atoms with E-state index < -0.39 is 15.7 Å². The second-order valence-electron chi connectivity index (χ2n) is 7.95. The number of nitrogens with zero attached hydrogens (tertiary/aromatic N) is 2. The lowest BCUT2D eigenvalue weighted by molar-refractivity contribution is -0.119. The molecule has 4 rings (SSSR count). The molecule has 2 aromatic carbocycles. The summed E-state index contributed by atoms with van der Waals surface area (Å²) >= 11 is 7.21. The maximum atomic E-state index is 12.5. The van der Waals surface area contributed by atoms with E-state index in [1.807, 2.05) is 29.2 Å². The van der Waals surface area contributed by atoms with Crippen molar-refractivity contribution in [2.75, 3.05) is 23.0 Å². The quantitative estimate of drug-likeness (QED) is 0.642. The van der Waals surface area contributed by atoms with Crippen LogP contribution in [0.25, 0.3) is 0 Å². The molecule has 6 nitrogen and oxygen atoms in total. The molecule has 0 radical (unpaired) electrons. The van der Waals surface area contributed by atoms with E-state index >= 15 is 0 Å². The number of fused-ring (bicyclic) bond motifs is 1. The molecule has 2 saturated heterocycles. The molecule has 1 amide bonds. The number of benzene rings is 2. The SMILES string of the molecule is CC(C)c1ccc(N2C(=NC(=O)COc3ccc(Cl)cc3)S[C@@H]3CS(=O)(=O)C[C@@H]32)cc1. The summed E-state index contributed by atoms with van der Waals surface area (Å²) in [6, 6.07) is 14.5.